The number of fused-ring (bicyclic) bond motifs is 1. The third kappa shape index (κ3) is 3.87. The number of aryl methyl sites for hydroxylation is 1. The Kier molecular flexibility index (Phi) is 5.40. The van der Waals surface area contributed by atoms with E-state index in [9.17, 15) is 9.59 Å². The average molecular weight is 466 g/mol. The van der Waals surface area contributed by atoms with Crippen LogP contribution in [0.15, 0.2) is 59.4 Å². The lowest BCUT2D eigenvalue weighted by Gasteiger charge is -2.35. The van der Waals surface area contributed by atoms with Gasteiger partial charge in [0.05, 0.1) is 0 Å². The molecule has 162 valence electrons. The first-order valence-electron chi connectivity index (χ1n) is 10.3. The average Bonchev–Trinajstić information content (AvgIpc) is 3.24. The topological polar surface area (TPSA) is 70.8 Å². The van der Waals surface area contributed by atoms with Crippen molar-refractivity contribution in [3.63, 3.8) is 0 Å². The highest BCUT2D eigenvalue weighted by atomic mass is 35.5. The fourth-order valence-electron chi connectivity index (χ4n) is 3.83. The van der Waals surface area contributed by atoms with Crippen LogP contribution in [0.3, 0.4) is 0 Å². The smallest absolute Gasteiger partial charge is 0.277 e. The number of anilines is 1. The van der Waals surface area contributed by atoms with Crippen molar-refractivity contribution >= 4 is 39.6 Å². The van der Waals surface area contributed by atoms with Crippen LogP contribution in [0.25, 0.3) is 15.5 Å². The van der Waals surface area contributed by atoms with Crippen molar-refractivity contribution in [2.45, 2.75) is 6.92 Å². The Morgan fingerprint density at radius 1 is 1.03 bits per heavy atom. The maximum Gasteiger partial charge on any atom is 0.277 e. The fourth-order valence-corrected chi connectivity index (χ4v) is 5.01. The second-order valence-electron chi connectivity index (χ2n) is 7.66. The lowest BCUT2D eigenvalue weighted by atomic mass is 10.1. The van der Waals surface area contributed by atoms with Gasteiger partial charge in [0.15, 0.2) is 0 Å². The predicted molar refractivity (Wildman–Crippen MR) is 127 cm³/mol. The van der Waals surface area contributed by atoms with E-state index in [1.807, 2.05) is 36.1 Å². The van der Waals surface area contributed by atoms with Crippen LogP contribution in [0, 0.1) is 6.92 Å². The van der Waals surface area contributed by atoms with E-state index in [0.717, 1.165) is 16.1 Å². The molecular weight excluding hydrogens is 446 g/mol. The first-order chi connectivity index (χ1) is 15.5. The van der Waals surface area contributed by atoms with E-state index in [2.05, 4.69) is 5.10 Å². The first kappa shape index (κ1) is 20.7. The lowest BCUT2D eigenvalue weighted by Crippen LogP contribution is -2.49. The molecular formula is C23H20ClN5O2S. The summed E-state index contributed by atoms with van der Waals surface area (Å²) in [5.74, 6) is 0.575. The number of benzene rings is 2. The minimum atomic E-state index is -0.210. The standard InChI is InChI=1S/C23H20ClN5O2S/c1-15-5-2-3-8-18(15)21-26-29-20(30)14-19(25-23(29)32-21)27-9-11-28(12-10-27)22(31)16-6-4-7-17(24)13-16/h2-8,13-14H,9-12H2,1H3. The molecule has 1 aliphatic heterocycles. The van der Waals surface area contributed by atoms with E-state index in [4.69, 9.17) is 16.6 Å². The van der Waals surface area contributed by atoms with E-state index in [0.29, 0.717) is 47.5 Å². The Morgan fingerprint density at radius 2 is 1.81 bits per heavy atom. The molecule has 0 unspecified atom stereocenters. The summed E-state index contributed by atoms with van der Waals surface area (Å²) in [6.07, 6.45) is 0. The van der Waals surface area contributed by atoms with Crippen molar-refractivity contribution in [1.82, 2.24) is 19.5 Å². The van der Waals surface area contributed by atoms with Crippen molar-refractivity contribution in [3.8, 4) is 10.6 Å². The van der Waals surface area contributed by atoms with Gasteiger partial charge in [-0.3, -0.25) is 9.59 Å². The van der Waals surface area contributed by atoms with E-state index in [1.165, 1.54) is 21.9 Å². The number of halogens is 1. The molecule has 7 nitrogen and oxygen atoms in total. The van der Waals surface area contributed by atoms with Gasteiger partial charge in [-0.2, -0.15) is 9.61 Å². The van der Waals surface area contributed by atoms with Crippen LogP contribution in [0.2, 0.25) is 5.02 Å². The zero-order valence-corrected chi connectivity index (χ0v) is 18.9. The second-order valence-corrected chi connectivity index (χ2v) is 9.05. The Hall–Kier alpha value is -3.23. The number of piperazine rings is 1. The van der Waals surface area contributed by atoms with Crippen LogP contribution in [-0.2, 0) is 0 Å². The van der Waals surface area contributed by atoms with Gasteiger partial charge in [0.25, 0.3) is 11.5 Å². The van der Waals surface area contributed by atoms with Crippen molar-refractivity contribution < 1.29 is 4.79 Å². The number of aromatic nitrogens is 3. The minimum Gasteiger partial charge on any atom is -0.353 e. The van der Waals surface area contributed by atoms with Crippen LogP contribution < -0.4 is 10.5 Å². The fraction of sp³-hybridized carbons (Fsp3) is 0.217. The molecule has 1 aliphatic rings. The van der Waals surface area contributed by atoms with Crippen LogP contribution in [0.4, 0.5) is 5.82 Å². The van der Waals surface area contributed by atoms with Gasteiger partial charge < -0.3 is 9.80 Å². The molecule has 1 fully saturated rings. The molecule has 4 aromatic rings. The lowest BCUT2D eigenvalue weighted by molar-refractivity contribution is 0.0746. The highest BCUT2D eigenvalue weighted by Gasteiger charge is 2.24. The Morgan fingerprint density at radius 3 is 2.56 bits per heavy atom. The second kappa shape index (κ2) is 8.37. The van der Waals surface area contributed by atoms with Crippen molar-refractivity contribution in [2.75, 3.05) is 31.1 Å². The molecule has 32 heavy (non-hydrogen) atoms. The van der Waals surface area contributed by atoms with Crippen LogP contribution >= 0.6 is 22.9 Å². The zero-order valence-electron chi connectivity index (χ0n) is 17.4. The van der Waals surface area contributed by atoms with Gasteiger partial charge in [-0.15, -0.1) is 0 Å². The molecule has 2 aromatic carbocycles. The molecule has 0 saturated carbocycles. The number of rotatable bonds is 3. The van der Waals surface area contributed by atoms with E-state index in [1.54, 1.807) is 29.2 Å². The van der Waals surface area contributed by atoms with Gasteiger partial charge >= 0.3 is 0 Å². The van der Waals surface area contributed by atoms with Gasteiger partial charge in [-0.1, -0.05) is 53.3 Å². The summed E-state index contributed by atoms with van der Waals surface area (Å²) >= 11 is 7.42. The van der Waals surface area contributed by atoms with E-state index < -0.39 is 0 Å². The molecule has 1 amide bonds. The van der Waals surface area contributed by atoms with Gasteiger partial charge in [-0.05, 0) is 30.7 Å². The van der Waals surface area contributed by atoms with Gasteiger partial charge in [0.1, 0.15) is 10.8 Å². The number of carbonyl (C=O) groups excluding carboxylic acids is 1. The van der Waals surface area contributed by atoms with E-state index in [-0.39, 0.29) is 11.5 Å². The summed E-state index contributed by atoms with van der Waals surface area (Å²) in [6, 6.07) is 16.4. The summed E-state index contributed by atoms with van der Waals surface area (Å²) in [7, 11) is 0. The highest BCUT2D eigenvalue weighted by Crippen LogP contribution is 2.28. The van der Waals surface area contributed by atoms with Gasteiger partial charge in [-0.25, -0.2) is 4.98 Å². The number of amides is 1. The monoisotopic (exact) mass is 465 g/mol. The maximum absolute atomic E-state index is 12.8. The predicted octanol–water partition coefficient (Wildman–Crippen LogP) is 3.74. The van der Waals surface area contributed by atoms with Crippen LogP contribution in [0.1, 0.15) is 15.9 Å². The Labute approximate surface area is 193 Å². The molecule has 0 radical (unpaired) electrons. The summed E-state index contributed by atoms with van der Waals surface area (Å²) in [4.78, 5) is 34.6. The van der Waals surface area contributed by atoms with E-state index >= 15 is 0 Å². The Balaban J connectivity index is 1.36. The summed E-state index contributed by atoms with van der Waals surface area (Å²) < 4.78 is 1.36. The minimum absolute atomic E-state index is 0.0408. The molecule has 5 rings (SSSR count). The number of carbonyl (C=O) groups is 1. The quantitative estimate of drug-likeness (QED) is 0.461. The molecule has 1 saturated heterocycles. The molecule has 3 heterocycles. The maximum atomic E-state index is 12.8. The van der Waals surface area contributed by atoms with Gasteiger partial charge in [0.2, 0.25) is 4.96 Å². The van der Waals surface area contributed by atoms with Crippen molar-refractivity contribution in [2.24, 2.45) is 0 Å². The summed E-state index contributed by atoms with van der Waals surface area (Å²) in [5.41, 5.74) is 2.47. The SMILES string of the molecule is Cc1ccccc1-c1nn2c(=O)cc(N3CCN(C(=O)c4cccc(Cl)c4)CC3)nc2s1. The third-order valence-corrected chi connectivity index (χ3v) is 6.75. The molecule has 9 heteroatoms. The first-order valence-corrected chi connectivity index (χ1v) is 11.5. The summed E-state index contributed by atoms with van der Waals surface area (Å²) in [6.45, 7) is 4.30. The largest absolute Gasteiger partial charge is 0.353 e. The molecule has 0 N–H and O–H groups in total. The third-order valence-electron chi connectivity index (χ3n) is 5.57. The Bertz CT molecular complexity index is 1370. The van der Waals surface area contributed by atoms with Crippen LogP contribution in [0.5, 0.6) is 0 Å². The zero-order chi connectivity index (χ0) is 22.2. The summed E-state index contributed by atoms with van der Waals surface area (Å²) in [5, 5.41) is 5.79. The van der Waals surface area contributed by atoms with Gasteiger partial charge in [0, 0.05) is 48.4 Å². The van der Waals surface area contributed by atoms with Crippen LogP contribution in [-0.4, -0.2) is 51.6 Å². The molecule has 0 aliphatic carbocycles. The highest BCUT2D eigenvalue weighted by molar-refractivity contribution is 7.19. The number of hydrogen-bond donors (Lipinski definition) is 0. The normalized spacial score (nSPS) is 14.2. The molecule has 0 atom stereocenters. The molecule has 0 bridgehead atoms. The molecule has 2 aromatic heterocycles. The van der Waals surface area contributed by atoms with Crippen molar-refractivity contribution in [1.29, 1.82) is 0 Å². The number of hydrogen-bond acceptors (Lipinski definition) is 6. The number of nitrogens with zero attached hydrogens (tertiary/aromatic N) is 5. The molecule has 0 spiro atoms. The van der Waals surface area contributed by atoms with Crippen molar-refractivity contribution in [3.05, 3.63) is 81.1 Å².